The molecule has 1 atom stereocenters. The number of carbonyl (C=O) groups excluding carboxylic acids is 1. The first-order chi connectivity index (χ1) is 6.27. The number of aromatic nitrogens is 1. The highest BCUT2D eigenvalue weighted by Crippen LogP contribution is 2.22. The van der Waals surface area contributed by atoms with Crippen LogP contribution < -0.4 is 4.90 Å². The molecular formula is C9H10N2OS. The zero-order valence-corrected chi connectivity index (χ0v) is 7.95. The Labute approximate surface area is 82.2 Å². The predicted octanol–water partition coefficient (Wildman–Crippen LogP) is 1.12. The van der Waals surface area contributed by atoms with Crippen LogP contribution in [-0.4, -0.2) is 22.7 Å². The van der Waals surface area contributed by atoms with Crippen molar-refractivity contribution in [3.05, 3.63) is 24.5 Å². The quantitative estimate of drug-likeness (QED) is 0.679. The molecule has 1 unspecified atom stereocenters. The van der Waals surface area contributed by atoms with Crippen molar-refractivity contribution in [1.82, 2.24) is 4.98 Å². The molecule has 13 heavy (non-hydrogen) atoms. The molecule has 3 nitrogen and oxygen atoms in total. The highest BCUT2D eigenvalue weighted by Gasteiger charge is 2.27. The van der Waals surface area contributed by atoms with E-state index in [-0.39, 0.29) is 11.2 Å². The van der Waals surface area contributed by atoms with E-state index in [4.69, 9.17) is 0 Å². The van der Waals surface area contributed by atoms with Crippen LogP contribution in [0.15, 0.2) is 24.5 Å². The fourth-order valence-corrected chi connectivity index (χ4v) is 1.77. The Morgan fingerprint density at radius 1 is 1.62 bits per heavy atom. The lowest BCUT2D eigenvalue weighted by Gasteiger charge is -2.14. The molecule has 2 heterocycles. The lowest BCUT2D eigenvalue weighted by atomic mass is 10.4. The van der Waals surface area contributed by atoms with Gasteiger partial charge in [-0.25, -0.2) is 0 Å². The molecule has 2 rings (SSSR count). The van der Waals surface area contributed by atoms with Crippen LogP contribution in [0, 0.1) is 0 Å². The van der Waals surface area contributed by atoms with Gasteiger partial charge in [-0.1, -0.05) is 0 Å². The number of carbonyl (C=O) groups is 1. The monoisotopic (exact) mass is 194 g/mol. The van der Waals surface area contributed by atoms with E-state index in [1.54, 1.807) is 17.3 Å². The largest absolute Gasteiger partial charge is 0.310 e. The van der Waals surface area contributed by atoms with Crippen LogP contribution in [0.2, 0.25) is 0 Å². The van der Waals surface area contributed by atoms with Gasteiger partial charge < -0.3 is 4.90 Å². The number of pyridine rings is 1. The summed E-state index contributed by atoms with van der Waals surface area (Å²) in [5.41, 5.74) is 0.865. The lowest BCUT2D eigenvalue weighted by molar-refractivity contribution is -0.117. The van der Waals surface area contributed by atoms with E-state index in [0.29, 0.717) is 13.0 Å². The second kappa shape index (κ2) is 3.38. The number of nitrogens with zero attached hydrogens (tertiary/aromatic N) is 2. The Kier molecular flexibility index (Phi) is 2.22. The van der Waals surface area contributed by atoms with Gasteiger partial charge in [0.15, 0.2) is 0 Å². The van der Waals surface area contributed by atoms with Crippen molar-refractivity contribution in [3.8, 4) is 0 Å². The first-order valence-corrected chi connectivity index (χ1v) is 4.67. The van der Waals surface area contributed by atoms with Gasteiger partial charge in [-0.3, -0.25) is 9.78 Å². The van der Waals surface area contributed by atoms with Crippen LogP contribution in [0.25, 0.3) is 0 Å². The molecule has 0 spiro atoms. The molecule has 0 radical (unpaired) electrons. The molecule has 0 bridgehead atoms. The van der Waals surface area contributed by atoms with Gasteiger partial charge in [-0.15, -0.1) is 0 Å². The Bertz CT molecular complexity index is 315. The van der Waals surface area contributed by atoms with Crippen molar-refractivity contribution >= 4 is 24.2 Å². The Morgan fingerprint density at radius 2 is 2.46 bits per heavy atom. The summed E-state index contributed by atoms with van der Waals surface area (Å²) in [6.45, 7) is 0.688. The Morgan fingerprint density at radius 3 is 3.00 bits per heavy atom. The van der Waals surface area contributed by atoms with Crippen LogP contribution in [-0.2, 0) is 4.79 Å². The number of amides is 1. The van der Waals surface area contributed by atoms with Gasteiger partial charge in [0.25, 0.3) is 0 Å². The molecule has 1 fully saturated rings. The first kappa shape index (κ1) is 8.56. The molecule has 0 N–H and O–H groups in total. The summed E-state index contributed by atoms with van der Waals surface area (Å²) in [6, 6.07) is 3.71. The molecule has 1 aromatic heterocycles. The second-order valence-corrected chi connectivity index (χ2v) is 3.80. The minimum atomic E-state index is 0.132. The van der Waals surface area contributed by atoms with E-state index in [9.17, 15) is 4.79 Å². The van der Waals surface area contributed by atoms with Gasteiger partial charge in [0, 0.05) is 24.4 Å². The van der Waals surface area contributed by atoms with E-state index >= 15 is 0 Å². The van der Waals surface area contributed by atoms with E-state index in [1.807, 2.05) is 12.1 Å². The van der Waals surface area contributed by atoms with Crippen LogP contribution in [0.3, 0.4) is 0 Å². The number of rotatable bonds is 1. The summed E-state index contributed by atoms with van der Waals surface area (Å²) >= 11 is 4.28. The topological polar surface area (TPSA) is 33.2 Å². The molecule has 68 valence electrons. The zero-order valence-electron chi connectivity index (χ0n) is 7.05. The summed E-state index contributed by atoms with van der Waals surface area (Å²) in [5.74, 6) is 0.132. The molecule has 0 aromatic carbocycles. The highest BCUT2D eigenvalue weighted by atomic mass is 32.1. The van der Waals surface area contributed by atoms with Crippen molar-refractivity contribution in [2.45, 2.75) is 11.7 Å². The molecule has 1 saturated heterocycles. The second-order valence-electron chi connectivity index (χ2n) is 3.07. The van der Waals surface area contributed by atoms with Crippen molar-refractivity contribution in [2.75, 3.05) is 11.4 Å². The van der Waals surface area contributed by atoms with Gasteiger partial charge in [0.2, 0.25) is 5.91 Å². The third-order valence-electron chi connectivity index (χ3n) is 2.06. The smallest absolute Gasteiger partial charge is 0.228 e. The minimum Gasteiger partial charge on any atom is -0.310 e. The fourth-order valence-electron chi connectivity index (χ4n) is 1.45. The summed E-state index contributed by atoms with van der Waals surface area (Å²) < 4.78 is 0. The van der Waals surface area contributed by atoms with E-state index in [2.05, 4.69) is 17.6 Å². The predicted molar refractivity (Wildman–Crippen MR) is 54.0 cm³/mol. The standard InChI is InChI=1S/C9H10N2OS/c12-9-4-8(13)6-11(9)7-2-1-3-10-5-7/h1-3,5,8,13H,4,6H2. The molecule has 1 aliphatic rings. The number of anilines is 1. The van der Waals surface area contributed by atoms with Gasteiger partial charge in [-0.2, -0.15) is 12.6 Å². The SMILES string of the molecule is O=C1CC(S)CN1c1cccnc1. The molecule has 0 saturated carbocycles. The summed E-state index contributed by atoms with van der Waals surface area (Å²) in [5, 5.41) is 0.160. The third-order valence-corrected chi connectivity index (χ3v) is 2.41. The molecule has 0 aliphatic carbocycles. The van der Waals surface area contributed by atoms with Crippen molar-refractivity contribution in [3.63, 3.8) is 0 Å². The maximum Gasteiger partial charge on any atom is 0.228 e. The molecule has 4 heteroatoms. The fraction of sp³-hybridized carbons (Fsp3) is 0.333. The first-order valence-electron chi connectivity index (χ1n) is 4.16. The van der Waals surface area contributed by atoms with Crippen LogP contribution in [0.4, 0.5) is 5.69 Å². The zero-order chi connectivity index (χ0) is 9.26. The summed E-state index contributed by atoms with van der Waals surface area (Å²) in [6.07, 6.45) is 3.92. The van der Waals surface area contributed by atoms with Crippen LogP contribution in [0.1, 0.15) is 6.42 Å². The number of thiol groups is 1. The minimum absolute atomic E-state index is 0.132. The molecule has 1 aliphatic heterocycles. The van der Waals surface area contributed by atoms with E-state index in [0.717, 1.165) is 5.69 Å². The average Bonchev–Trinajstić information content (AvgIpc) is 2.47. The highest BCUT2D eigenvalue weighted by molar-refractivity contribution is 7.81. The van der Waals surface area contributed by atoms with Crippen LogP contribution in [0.5, 0.6) is 0 Å². The Balaban J connectivity index is 2.23. The maximum absolute atomic E-state index is 11.4. The lowest BCUT2D eigenvalue weighted by Crippen LogP contribution is -2.24. The molecule has 1 aromatic rings. The summed E-state index contributed by atoms with van der Waals surface area (Å²) in [7, 11) is 0. The third kappa shape index (κ3) is 1.67. The van der Waals surface area contributed by atoms with Gasteiger partial charge in [-0.05, 0) is 12.1 Å². The summed E-state index contributed by atoms with van der Waals surface area (Å²) in [4.78, 5) is 17.1. The van der Waals surface area contributed by atoms with Crippen molar-refractivity contribution in [1.29, 1.82) is 0 Å². The number of hydrogen-bond donors (Lipinski definition) is 1. The molecule has 1 amide bonds. The normalized spacial score (nSPS) is 22.4. The van der Waals surface area contributed by atoms with E-state index < -0.39 is 0 Å². The average molecular weight is 194 g/mol. The van der Waals surface area contributed by atoms with E-state index in [1.165, 1.54) is 0 Å². The van der Waals surface area contributed by atoms with Crippen molar-refractivity contribution < 1.29 is 4.79 Å². The number of hydrogen-bond acceptors (Lipinski definition) is 3. The molecular weight excluding hydrogens is 184 g/mol. The Hall–Kier alpha value is -1.03. The van der Waals surface area contributed by atoms with Gasteiger partial charge in [0.1, 0.15) is 0 Å². The van der Waals surface area contributed by atoms with Gasteiger partial charge >= 0.3 is 0 Å². The van der Waals surface area contributed by atoms with Crippen molar-refractivity contribution in [2.24, 2.45) is 0 Å². The van der Waals surface area contributed by atoms with Gasteiger partial charge in [0.05, 0.1) is 11.9 Å². The maximum atomic E-state index is 11.4. The van der Waals surface area contributed by atoms with Crippen LogP contribution >= 0.6 is 12.6 Å².